The molecule has 0 saturated carbocycles. The predicted octanol–water partition coefficient (Wildman–Crippen LogP) is 2.99. The van der Waals surface area contributed by atoms with Gasteiger partial charge in [0.1, 0.15) is 0 Å². The van der Waals surface area contributed by atoms with Crippen molar-refractivity contribution in [2.75, 3.05) is 18.0 Å². The van der Waals surface area contributed by atoms with Crippen LogP contribution in [0.15, 0.2) is 22.7 Å². The Morgan fingerprint density at radius 1 is 1.39 bits per heavy atom. The van der Waals surface area contributed by atoms with E-state index in [1.165, 1.54) is 17.0 Å². The van der Waals surface area contributed by atoms with Crippen molar-refractivity contribution in [1.82, 2.24) is 0 Å². The number of aliphatic carboxylic acids is 1. The van der Waals surface area contributed by atoms with Crippen LogP contribution in [0.1, 0.15) is 5.56 Å². The van der Waals surface area contributed by atoms with Gasteiger partial charge in [-0.1, -0.05) is 15.9 Å². The van der Waals surface area contributed by atoms with Gasteiger partial charge in [-0.2, -0.15) is 13.2 Å². The van der Waals surface area contributed by atoms with Crippen LogP contribution in [-0.4, -0.2) is 24.2 Å². The topological polar surface area (TPSA) is 40.5 Å². The molecule has 18 heavy (non-hydrogen) atoms. The summed E-state index contributed by atoms with van der Waals surface area (Å²) in [6, 6.07) is 3.87. The molecule has 0 amide bonds. The van der Waals surface area contributed by atoms with E-state index in [-0.39, 0.29) is 18.8 Å². The van der Waals surface area contributed by atoms with E-state index in [2.05, 4.69) is 15.9 Å². The molecule has 1 heterocycles. The van der Waals surface area contributed by atoms with Crippen LogP contribution in [0.25, 0.3) is 0 Å². The molecular formula is C11H9BrF3NO2. The third-order valence-electron chi connectivity index (χ3n) is 2.84. The number of carboxylic acids is 1. The molecule has 0 aliphatic carbocycles. The number of rotatable bonds is 2. The highest BCUT2D eigenvalue weighted by Gasteiger charge is 2.39. The van der Waals surface area contributed by atoms with Crippen molar-refractivity contribution in [3.05, 3.63) is 28.2 Å². The molecule has 0 radical (unpaired) electrons. The van der Waals surface area contributed by atoms with Gasteiger partial charge in [-0.3, -0.25) is 4.79 Å². The summed E-state index contributed by atoms with van der Waals surface area (Å²) >= 11 is 3.00. The summed E-state index contributed by atoms with van der Waals surface area (Å²) in [5.41, 5.74) is -0.719. The Morgan fingerprint density at radius 3 is 2.50 bits per heavy atom. The lowest BCUT2D eigenvalue weighted by Crippen LogP contribution is -2.51. The van der Waals surface area contributed by atoms with Crippen molar-refractivity contribution in [2.45, 2.75) is 6.18 Å². The van der Waals surface area contributed by atoms with E-state index in [1.54, 1.807) is 0 Å². The summed E-state index contributed by atoms with van der Waals surface area (Å²) in [6.45, 7) is 0.222. The van der Waals surface area contributed by atoms with Crippen LogP contribution in [0.3, 0.4) is 0 Å². The van der Waals surface area contributed by atoms with E-state index in [1.807, 2.05) is 0 Å². The van der Waals surface area contributed by atoms with Gasteiger partial charge in [0.25, 0.3) is 0 Å². The first kappa shape index (κ1) is 13.2. The van der Waals surface area contributed by atoms with Crippen molar-refractivity contribution in [3.63, 3.8) is 0 Å². The molecule has 0 spiro atoms. The molecule has 1 fully saturated rings. The summed E-state index contributed by atoms with van der Waals surface area (Å²) in [5, 5.41) is 8.71. The summed E-state index contributed by atoms with van der Waals surface area (Å²) < 4.78 is 38.9. The first-order chi connectivity index (χ1) is 8.29. The number of hydrogen-bond acceptors (Lipinski definition) is 2. The van der Waals surface area contributed by atoms with Crippen molar-refractivity contribution in [2.24, 2.45) is 5.92 Å². The Labute approximate surface area is 109 Å². The standard InChI is InChI=1S/C11H9BrF3NO2/c12-7-1-2-9(8(3-7)11(13,14)15)16-4-6(5-16)10(17)18/h1-3,6H,4-5H2,(H,17,18). The third-order valence-corrected chi connectivity index (χ3v) is 3.33. The minimum atomic E-state index is -4.45. The molecule has 1 N–H and O–H groups in total. The smallest absolute Gasteiger partial charge is 0.418 e. The van der Waals surface area contributed by atoms with Crippen LogP contribution in [-0.2, 0) is 11.0 Å². The van der Waals surface area contributed by atoms with E-state index in [0.717, 1.165) is 6.07 Å². The zero-order valence-corrected chi connectivity index (χ0v) is 10.6. The molecule has 7 heteroatoms. The average molecular weight is 324 g/mol. The molecule has 1 saturated heterocycles. The van der Waals surface area contributed by atoms with Gasteiger partial charge in [0.05, 0.1) is 11.5 Å². The van der Waals surface area contributed by atoms with Crippen molar-refractivity contribution >= 4 is 27.6 Å². The molecule has 1 aliphatic heterocycles. The average Bonchev–Trinajstić information content (AvgIpc) is 2.15. The van der Waals surface area contributed by atoms with Gasteiger partial charge >= 0.3 is 12.1 Å². The van der Waals surface area contributed by atoms with Crippen LogP contribution in [0.5, 0.6) is 0 Å². The van der Waals surface area contributed by atoms with Crippen LogP contribution in [0.2, 0.25) is 0 Å². The van der Waals surface area contributed by atoms with Crippen molar-refractivity contribution < 1.29 is 23.1 Å². The zero-order chi connectivity index (χ0) is 13.5. The Balaban J connectivity index is 2.27. The van der Waals surface area contributed by atoms with Crippen LogP contribution < -0.4 is 4.90 Å². The monoisotopic (exact) mass is 323 g/mol. The van der Waals surface area contributed by atoms with E-state index in [4.69, 9.17) is 5.11 Å². The van der Waals surface area contributed by atoms with Crippen molar-refractivity contribution in [3.8, 4) is 0 Å². The van der Waals surface area contributed by atoms with Gasteiger partial charge in [-0.15, -0.1) is 0 Å². The lowest BCUT2D eigenvalue weighted by atomic mass is 9.98. The van der Waals surface area contributed by atoms with Gasteiger partial charge in [-0.25, -0.2) is 0 Å². The SMILES string of the molecule is O=C(O)C1CN(c2ccc(Br)cc2C(F)(F)F)C1. The molecule has 98 valence electrons. The second-order valence-corrected chi connectivity index (χ2v) is 5.02. The predicted molar refractivity (Wildman–Crippen MR) is 62.5 cm³/mol. The van der Waals surface area contributed by atoms with E-state index in [9.17, 15) is 18.0 Å². The first-order valence-corrected chi connectivity index (χ1v) is 5.93. The first-order valence-electron chi connectivity index (χ1n) is 5.13. The van der Waals surface area contributed by atoms with Gasteiger partial charge in [-0.05, 0) is 18.2 Å². The quantitative estimate of drug-likeness (QED) is 0.909. The number of benzene rings is 1. The van der Waals surface area contributed by atoms with E-state index < -0.39 is 23.6 Å². The Kier molecular flexibility index (Phi) is 3.27. The van der Waals surface area contributed by atoms with E-state index >= 15 is 0 Å². The highest BCUT2D eigenvalue weighted by atomic mass is 79.9. The molecule has 0 bridgehead atoms. The number of halogens is 4. The Hall–Kier alpha value is -1.24. The van der Waals surface area contributed by atoms with Gasteiger partial charge in [0.15, 0.2) is 0 Å². The second-order valence-electron chi connectivity index (χ2n) is 4.10. The van der Waals surface area contributed by atoms with Gasteiger partial charge < -0.3 is 10.0 Å². The van der Waals surface area contributed by atoms with E-state index in [0.29, 0.717) is 4.47 Å². The van der Waals surface area contributed by atoms with Gasteiger partial charge in [0.2, 0.25) is 0 Å². The lowest BCUT2D eigenvalue weighted by Gasteiger charge is -2.39. The lowest BCUT2D eigenvalue weighted by molar-refractivity contribution is -0.142. The summed E-state index contributed by atoms with van der Waals surface area (Å²) in [7, 11) is 0. The molecule has 0 atom stereocenters. The molecule has 0 unspecified atom stereocenters. The number of carbonyl (C=O) groups is 1. The molecule has 1 aromatic rings. The summed E-state index contributed by atoms with van der Waals surface area (Å²) in [6.07, 6.45) is -4.45. The Bertz CT molecular complexity index is 484. The minimum Gasteiger partial charge on any atom is -0.481 e. The second kappa shape index (κ2) is 4.46. The number of nitrogens with zero attached hydrogens (tertiary/aromatic N) is 1. The molecule has 3 nitrogen and oxygen atoms in total. The molecular weight excluding hydrogens is 315 g/mol. The van der Waals surface area contributed by atoms with Crippen LogP contribution in [0.4, 0.5) is 18.9 Å². The number of alkyl halides is 3. The maximum absolute atomic E-state index is 12.8. The largest absolute Gasteiger partial charge is 0.481 e. The highest BCUT2D eigenvalue weighted by molar-refractivity contribution is 9.10. The highest BCUT2D eigenvalue weighted by Crippen LogP contribution is 2.40. The van der Waals surface area contributed by atoms with Crippen LogP contribution in [0, 0.1) is 5.92 Å². The fourth-order valence-corrected chi connectivity index (χ4v) is 2.20. The Morgan fingerprint density at radius 2 is 2.00 bits per heavy atom. The van der Waals surface area contributed by atoms with Gasteiger partial charge in [0, 0.05) is 23.2 Å². The fourth-order valence-electron chi connectivity index (χ4n) is 1.84. The molecule has 1 aromatic carbocycles. The minimum absolute atomic E-state index is 0.0307. The maximum atomic E-state index is 12.8. The molecule has 0 aromatic heterocycles. The maximum Gasteiger partial charge on any atom is 0.418 e. The zero-order valence-electron chi connectivity index (χ0n) is 9.04. The van der Waals surface area contributed by atoms with Crippen molar-refractivity contribution in [1.29, 1.82) is 0 Å². The van der Waals surface area contributed by atoms with Crippen LogP contribution >= 0.6 is 15.9 Å². The third kappa shape index (κ3) is 2.45. The number of hydrogen-bond donors (Lipinski definition) is 1. The number of carboxylic acid groups (broad SMARTS) is 1. The summed E-state index contributed by atoms with van der Waals surface area (Å²) in [5.74, 6) is -1.56. The summed E-state index contributed by atoms with van der Waals surface area (Å²) in [4.78, 5) is 12.1. The fraction of sp³-hybridized carbons (Fsp3) is 0.364. The normalized spacial score (nSPS) is 16.6. The molecule has 1 aliphatic rings. The number of anilines is 1. The molecule has 2 rings (SSSR count).